The van der Waals surface area contributed by atoms with Crippen LogP contribution in [0.15, 0.2) is 18.2 Å². The van der Waals surface area contributed by atoms with Gasteiger partial charge >= 0.3 is 0 Å². The molecule has 0 radical (unpaired) electrons. The van der Waals surface area contributed by atoms with E-state index in [1.807, 2.05) is 0 Å². The molecule has 1 aromatic rings. The molecule has 0 N–H and O–H groups in total. The van der Waals surface area contributed by atoms with Gasteiger partial charge in [0.05, 0.1) is 23.7 Å². The highest BCUT2D eigenvalue weighted by Crippen LogP contribution is 2.23. The van der Waals surface area contributed by atoms with Crippen molar-refractivity contribution in [3.63, 3.8) is 0 Å². The SMILES string of the molecule is Cc1cc(OCCCN2C[C@@H](C)O[C@H](C)C2)ccc1[N+](=O)[O-]. The smallest absolute Gasteiger partial charge is 0.272 e. The summed E-state index contributed by atoms with van der Waals surface area (Å²) < 4.78 is 11.4. The van der Waals surface area contributed by atoms with Crippen LogP contribution in [-0.4, -0.2) is 48.3 Å². The summed E-state index contributed by atoms with van der Waals surface area (Å²) in [4.78, 5) is 12.8. The van der Waals surface area contributed by atoms with Gasteiger partial charge in [-0.1, -0.05) is 0 Å². The zero-order chi connectivity index (χ0) is 16.1. The molecule has 1 aliphatic heterocycles. The Kier molecular flexibility index (Phi) is 5.74. The van der Waals surface area contributed by atoms with E-state index in [2.05, 4.69) is 18.7 Å². The van der Waals surface area contributed by atoms with Crippen molar-refractivity contribution in [1.82, 2.24) is 4.90 Å². The Morgan fingerprint density at radius 3 is 2.64 bits per heavy atom. The van der Waals surface area contributed by atoms with Crippen LogP contribution < -0.4 is 4.74 Å². The molecule has 1 aromatic carbocycles. The summed E-state index contributed by atoms with van der Waals surface area (Å²) in [5.74, 6) is 0.687. The van der Waals surface area contributed by atoms with E-state index in [0.717, 1.165) is 26.1 Å². The van der Waals surface area contributed by atoms with Crippen LogP contribution in [0.2, 0.25) is 0 Å². The number of benzene rings is 1. The van der Waals surface area contributed by atoms with Crippen LogP contribution in [0.25, 0.3) is 0 Å². The van der Waals surface area contributed by atoms with Crippen LogP contribution in [0.4, 0.5) is 5.69 Å². The van der Waals surface area contributed by atoms with E-state index in [-0.39, 0.29) is 22.8 Å². The lowest BCUT2D eigenvalue weighted by Crippen LogP contribution is -2.45. The maximum atomic E-state index is 10.8. The molecule has 2 atom stereocenters. The molecule has 0 unspecified atom stereocenters. The number of nitro groups is 1. The number of hydrogen-bond donors (Lipinski definition) is 0. The van der Waals surface area contributed by atoms with Crippen LogP contribution in [-0.2, 0) is 4.74 Å². The molecule has 0 aliphatic carbocycles. The summed E-state index contributed by atoms with van der Waals surface area (Å²) in [6.07, 6.45) is 1.49. The number of morpholine rings is 1. The van der Waals surface area contributed by atoms with Crippen LogP contribution >= 0.6 is 0 Å². The number of nitro benzene ring substituents is 1. The summed E-state index contributed by atoms with van der Waals surface area (Å²) >= 11 is 0. The van der Waals surface area contributed by atoms with Gasteiger partial charge in [0.25, 0.3) is 5.69 Å². The van der Waals surface area contributed by atoms with Crippen molar-refractivity contribution in [2.75, 3.05) is 26.2 Å². The predicted molar refractivity (Wildman–Crippen MR) is 84.4 cm³/mol. The first-order valence-corrected chi connectivity index (χ1v) is 7.71. The van der Waals surface area contributed by atoms with Crippen molar-refractivity contribution in [3.8, 4) is 5.75 Å². The second-order valence-electron chi connectivity index (χ2n) is 5.92. The van der Waals surface area contributed by atoms with Gasteiger partial charge in [0.2, 0.25) is 0 Å². The van der Waals surface area contributed by atoms with Crippen molar-refractivity contribution in [3.05, 3.63) is 33.9 Å². The monoisotopic (exact) mass is 308 g/mol. The quantitative estimate of drug-likeness (QED) is 0.459. The number of rotatable bonds is 6. The van der Waals surface area contributed by atoms with E-state index in [1.54, 1.807) is 19.1 Å². The third-order valence-corrected chi connectivity index (χ3v) is 3.75. The summed E-state index contributed by atoms with van der Waals surface area (Å²) in [7, 11) is 0. The van der Waals surface area contributed by atoms with Crippen molar-refractivity contribution in [2.24, 2.45) is 0 Å². The first-order valence-electron chi connectivity index (χ1n) is 7.71. The molecule has 2 rings (SSSR count). The van der Waals surface area contributed by atoms with Gasteiger partial charge in [0.15, 0.2) is 0 Å². The van der Waals surface area contributed by atoms with Gasteiger partial charge in [-0.15, -0.1) is 0 Å². The zero-order valence-electron chi connectivity index (χ0n) is 13.4. The molecule has 6 heteroatoms. The Balaban J connectivity index is 1.75. The van der Waals surface area contributed by atoms with Gasteiger partial charge in [-0.2, -0.15) is 0 Å². The zero-order valence-corrected chi connectivity index (χ0v) is 13.4. The highest BCUT2D eigenvalue weighted by atomic mass is 16.6. The van der Waals surface area contributed by atoms with Crippen LogP contribution in [0, 0.1) is 17.0 Å². The van der Waals surface area contributed by atoms with E-state index < -0.39 is 0 Å². The maximum Gasteiger partial charge on any atom is 0.272 e. The lowest BCUT2D eigenvalue weighted by atomic mass is 10.2. The standard InChI is InChI=1S/C16H24N2O4/c1-12-9-15(5-6-16(12)18(19)20)21-8-4-7-17-10-13(2)22-14(3)11-17/h5-6,9,13-14H,4,7-8,10-11H2,1-3H3/t13-,14-/m1/s1. The average molecular weight is 308 g/mol. The van der Waals surface area contributed by atoms with Crippen molar-refractivity contribution >= 4 is 5.69 Å². The Hall–Kier alpha value is -1.66. The van der Waals surface area contributed by atoms with Crippen LogP contribution in [0.1, 0.15) is 25.8 Å². The Morgan fingerprint density at radius 1 is 1.36 bits per heavy atom. The largest absolute Gasteiger partial charge is 0.494 e. The van der Waals surface area contributed by atoms with E-state index >= 15 is 0 Å². The maximum absolute atomic E-state index is 10.8. The van der Waals surface area contributed by atoms with Crippen molar-refractivity contribution in [1.29, 1.82) is 0 Å². The molecule has 1 fully saturated rings. The fraction of sp³-hybridized carbons (Fsp3) is 0.625. The molecule has 22 heavy (non-hydrogen) atoms. The molecule has 6 nitrogen and oxygen atoms in total. The third kappa shape index (κ3) is 4.68. The molecule has 122 valence electrons. The highest BCUT2D eigenvalue weighted by molar-refractivity contribution is 5.44. The van der Waals surface area contributed by atoms with Crippen LogP contribution in [0.3, 0.4) is 0 Å². The Morgan fingerprint density at radius 2 is 2.05 bits per heavy atom. The molecule has 1 saturated heterocycles. The molecular formula is C16H24N2O4. The van der Waals surface area contributed by atoms with E-state index in [9.17, 15) is 10.1 Å². The summed E-state index contributed by atoms with van der Waals surface area (Å²) in [6.45, 7) is 9.42. The van der Waals surface area contributed by atoms with Gasteiger partial charge in [-0.25, -0.2) is 0 Å². The van der Waals surface area contributed by atoms with E-state index in [4.69, 9.17) is 9.47 Å². The average Bonchev–Trinajstić information content (AvgIpc) is 2.42. The van der Waals surface area contributed by atoms with Gasteiger partial charge in [0.1, 0.15) is 5.75 Å². The summed E-state index contributed by atoms with van der Waals surface area (Å²) in [5, 5.41) is 10.8. The highest BCUT2D eigenvalue weighted by Gasteiger charge is 2.21. The lowest BCUT2D eigenvalue weighted by molar-refractivity contribution is -0.385. The second-order valence-corrected chi connectivity index (χ2v) is 5.92. The normalized spacial score (nSPS) is 22.5. The minimum atomic E-state index is -0.375. The second kappa shape index (κ2) is 7.56. The van der Waals surface area contributed by atoms with Gasteiger partial charge in [0, 0.05) is 31.3 Å². The molecule has 0 saturated carbocycles. The third-order valence-electron chi connectivity index (χ3n) is 3.75. The summed E-state index contributed by atoms with van der Waals surface area (Å²) in [6, 6.07) is 4.87. The number of nitrogens with zero attached hydrogens (tertiary/aromatic N) is 2. The van der Waals surface area contributed by atoms with Gasteiger partial charge < -0.3 is 9.47 Å². The number of aryl methyl sites for hydroxylation is 1. The predicted octanol–water partition coefficient (Wildman–Crippen LogP) is 2.78. The molecule has 0 amide bonds. The molecule has 0 bridgehead atoms. The first-order chi connectivity index (χ1) is 10.5. The summed E-state index contributed by atoms with van der Waals surface area (Å²) in [5.41, 5.74) is 0.752. The molecule has 0 aromatic heterocycles. The van der Waals surface area contributed by atoms with E-state index in [1.165, 1.54) is 6.07 Å². The van der Waals surface area contributed by atoms with Crippen LogP contribution in [0.5, 0.6) is 5.75 Å². The van der Waals surface area contributed by atoms with E-state index in [0.29, 0.717) is 17.9 Å². The first kappa shape index (κ1) is 16.7. The Labute approximate surface area is 131 Å². The molecule has 1 aliphatic rings. The molecule has 0 spiro atoms. The molecule has 1 heterocycles. The van der Waals surface area contributed by atoms with Crippen molar-refractivity contribution in [2.45, 2.75) is 39.4 Å². The fourth-order valence-electron chi connectivity index (χ4n) is 2.87. The lowest BCUT2D eigenvalue weighted by Gasteiger charge is -2.35. The molecular weight excluding hydrogens is 284 g/mol. The van der Waals surface area contributed by atoms with Gasteiger partial charge in [-0.3, -0.25) is 15.0 Å². The Bertz CT molecular complexity index is 511. The minimum absolute atomic E-state index is 0.128. The number of ether oxygens (including phenoxy) is 2. The topological polar surface area (TPSA) is 64.8 Å². The van der Waals surface area contributed by atoms with Gasteiger partial charge in [-0.05, 0) is 39.3 Å². The fourth-order valence-corrected chi connectivity index (χ4v) is 2.87. The van der Waals surface area contributed by atoms with Crippen molar-refractivity contribution < 1.29 is 14.4 Å². The minimum Gasteiger partial charge on any atom is -0.494 e. The number of hydrogen-bond acceptors (Lipinski definition) is 5.